The molecule has 2 heteroatoms. The zero-order valence-electron chi connectivity index (χ0n) is 10.5. The third-order valence-corrected chi connectivity index (χ3v) is 3.48. The lowest BCUT2D eigenvalue weighted by molar-refractivity contribution is 0.201. The average molecular weight is 238 g/mol. The fourth-order valence-electron chi connectivity index (χ4n) is 2.51. The average Bonchev–Trinajstić information content (AvgIpc) is 2.39. The van der Waals surface area contributed by atoms with E-state index in [1.54, 1.807) is 0 Å². The van der Waals surface area contributed by atoms with Crippen molar-refractivity contribution in [1.29, 1.82) is 0 Å². The molecule has 0 unspecified atom stereocenters. The van der Waals surface area contributed by atoms with E-state index in [-0.39, 0.29) is 0 Å². The SMILES string of the molecule is C=C1C=CN2CCN(Cc3ccccc3)CC2=C1. The van der Waals surface area contributed by atoms with Gasteiger partial charge in [-0.05, 0) is 23.3 Å². The predicted octanol–water partition coefficient (Wildman–Crippen LogP) is 2.77. The molecule has 0 spiro atoms. The van der Waals surface area contributed by atoms with Crippen LogP contribution in [0, 0.1) is 0 Å². The normalized spacial score (nSPS) is 19.7. The summed E-state index contributed by atoms with van der Waals surface area (Å²) in [6.45, 7) is 8.23. The second-order valence-electron chi connectivity index (χ2n) is 4.92. The van der Waals surface area contributed by atoms with Crippen molar-refractivity contribution >= 4 is 0 Å². The first-order valence-electron chi connectivity index (χ1n) is 6.42. The van der Waals surface area contributed by atoms with Gasteiger partial charge >= 0.3 is 0 Å². The summed E-state index contributed by atoms with van der Waals surface area (Å²) < 4.78 is 0. The first kappa shape index (κ1) is 11.3. The van der Waals surface area contributed by atoms with Crippen LogP contribution in [0.25, 0.3) is 0 Å². The van der Waals surface area contributed by atoms with Crippen LogP contribution in [-0.4, -0.2) is 29.4 Å². The van der Waals surface area contributed by atoms with Gasteiger partial charge in [-0.2, -0.15) is 0 Å². The molecule has 92 valence electrons. The van der Waals surface area contributed by atoms with E-state index in [0.717, 1.165) is 31.8 Å². The lowest BCUT2D eigenvalue weighted by Crippen LogP contribution is -2.42. The summed E-state index contributed by atoms with van der Waals surface area (Å²) in [6.07, 6.45) is 6.42. The first-order valence-corrected chi connectivity index (χ1v) is 6.42. The van der Waals surface area contributed by atoms with Gasteiger partial charge in [0.25, 0.3) is 0 Å². The van der Waals surface area contributed by atoms with E-state index in [4.69, 9.17) is 0 Å². The molecular formula is C16H18N2. The molecule has 0 radical (unpaired) electrons. The van der Waals surface area contributed by atoms with E-state index in [1.165, 1.54) is 11.3 Å². The predicted molar refractivity (Wildman–Crippen MR) is 74.8 cm³/mol. The van der Waals surface area contributed by atoms with Crippen molar-refractivity contribution in [2.75, 3.05) is 19.6 Å². The minimum Gasteiger partial charge on any atom is -0.349 e. The van der Waals surface area contributed by atoms with E-state index in [0.29, 0.717) is 0 Å². The van der Waals surface area contributed by atoms with Crippen LogP contribution in [-0.2, 0) is 6.54 Å². The maximum atomic E-state index is 4.01. The lowest BCUT2D eigenvalue weighted by Gasteiger charge is -2.37. The Morgan fingerprint density at radius 2 is 1.94 bits per heavy atom. The van der Waals surface area contributed by atoms with Crippen molar-refractivity contribution in [3.8, 4) is 0 Å². The summed E-state index contributed by atoms with van der Waals surface area (Å²) in [5, 5.41) is 0. The lowest BCUT2D eigenvalue weighted by atomic mass is 10.1. The Labute approximate surface area is 109 Å². The second kappa shape index (κ2) is 4.83. The Balaban J connectivity index is 1.69. The molecule has 2 heterocycles. The Kier molecular flexibility index (Phi) is 3.03. The highest BCUT2D eigenvalue weighted by atomic mass is 15.3. The molecule has 0 N–H and O–H groups in total. The summed E-state index contributed by atoms with van der Waals surface area (Å²) in [5.41, 5.74) is 3.85. The fraction of sp³-hybridized carbons (Fsp3) is 0.250. The molecule has 3 rings (SSSR count). The van der Waals surface area contributed by atoms with Gasteiger partial charge in [0.2, 0.25) is 0 Å². The van der Waals surface area contributed by atoms with Gasteiger partial charge in [-0.3, -0.25) is 4.90 Å². The second-order valence-corrected chi connectivity index (χ2v) is 4.92. The van der Waals surface area contributed by atoms with Crippen LogP contribution in [0.5, 0.6) is 0 Å². The number of hydrogen-bond donors (Lipinski definition) is 0. The number of benzene rings is 1. The number of nitrogens with zero attached hydrogens (tertiary/aromatic N) is 2. The van der Waals surface area contributed by atoms with Crippen molar-refractivity contribution < 1.29 is 0 Å². The van der Waals surface area contributed by atoms with Gasteiger partial charge < -0.3 is 4.90 Å². The molecule has 0 amide bonds. The quantitative estimate of drug-likeness (QED) is 0.781. The van der Waals surface area contributed by atoms with Crippen LogP contribution in [0.1, 0.15) is 5.56 Å². The smallest absolute Gasteiger partial charge is 0.0391 e. The summed E-state index contributed by atoms with van der Waals surface area (Å²) in [4.78, 5) is 4.82. The van der Waals surface area contributed by atoms with Gasteiger partial charge in [0, 0.05) is 38.1 Å². The number of rotatable bonds is 2. The topological polar surface area (TPSA) is 6.48 Å². The summed E-state index contributed by atoms with van der Waals surface area (Å²) in [6, 6.07) is 10.7. The van der Waals surface area contributed by atoms with Gasteiger partial charge in [0.05, 0.1) is 0 Å². The van der Waals surface area contributed by atoms with Gasteiger partial charge in [-0.1, -0.05) is 36.9 Å². The van der Waals surface area contributed by atoms with Crippen molar-refractivity contribution in [2.45, 2.75) is 6.54 Å². The molecule has 1 fully saturated rings. The third kappa shape index (κ3) is 2.39. The summed E-state index contributed by atoms with van der Waals surface area (Å²) in [5.74, 6) is 0. The van der Waals surface area contributed by atoms with Crippen molar-refractivity contribution in [3.63, 3.8) is 0 Å². The molecule has 2 nitrogen and oxygen atoms in total. The molecular weight excluding hydrogens is 220 g/mol. The van der Waals surface area contributed by atoms with Crippen molar-refractivity contribution in [2.24, 2.45) is 0 Å². The van der Waals surface area contributed by atoms with E-state index in [1.807, 2.05) is 0 Å². The van der Waals surface area contributed by atoms with Gasteiger partial charge in [-0.15, -0.1) is 0 Å². The van der Waals surface area contributed by atoms with Gasteiger partial charge in [0.15, 0.2) is 0 Å². The molecule has 0 bridgehead atoms. The number of piperazine rings is 1. The van der Waals surface area contributed by atoms with Crippen LogP contribution in [0.15, 0.2) is 66.5 Å². The van der Waals surface area contributed by atoms with E-state index >= 15 is 0 Å². The zero-order valence-corrected chi connectivity index (χ0v) is 10.5. The van der Waals surface area contributed by atoms with Crippen LogP contribution in [0.3, 0.4) is 0 Å². The van der Waals surface area contributed by atoms with E-state index in [2.05, 4.69) is 65.1 Å². The van der Waals surface area contributed by atoms with Crippen LogP contribution in [0.4, 0.5) is 0 Å². The molecule has 1 aromatic rings. The van der Waals surface area contributed by atoms with Crippen LogP contribution in [0.2, 0.25) is 0 Å². The molecule has 2 aliphatic rings. The molecule has 0 aromatic heterocycles. The van der Waals surface area contributed by atoms with Gasteiger partial charge in [-0.25, -0.2) is 0 Å². The Bertz CT molecular complexity index is 499. The molecule has 0 atom stereocenters. The highest BCUT2D eigenvalue weighted by Gasteiger charge is 2.20. The highest BCUT2D eigenvalue weighted by Crippen LogP contribution is 2.21. The minimum absolute atomic E-state index is 1.01. The number of fused-ring (bicyclic) bond motifs is 1. The number of hydrogen-bond acceptors (Lipinski definition) is 2. The Morgan fingerprint density at radius 1 is 1.11 bits per heavy atom. The fourth-order valence-corrected chi connectivity index (χ4v) is 2.51. The molecule has 1 aromatic carbocycles. The standard InChI is InChI=1S/C16H18N2/c1-14-7-8-18-10-9-17(13-16(18)11-14)12-15-5-3-2-4-6-15/h2-8,11H,1,9-10,12-13H2. The van der Waals surface area contributed by atoms with E-state index in [9.17, 15) is 0 Å². The third-order valence-electron chi connectivity index (χ3n) is 3.48. The zero-order chi connectivity index (χ0) is 12.4. The molecule has 2 aliphatic heterocycles. The molecule has 0 saturated carbocycles. The first-order chi connectivity index (χ1) is 8.81. The van der Waals surface area contributed by atoms with Crippen molar-refractivity contribution in [1.82, 2.24) is 9.80 Å². The largest absolute Gasteiger partial charge is 0.349 e. The molecule has 0 aliphatic carbocycles. The number of allylic oxidation sites excluding steroid dienone is 3. The maximum absolute atomic E-state index is 4.01. The van der Waals surface area contributed by atoms with Crippen LogP contribution >= 0.6 is 0 Å². The Morgan fingerprint density at radius 3 is 2.78 bits per heavy atom. The maximum Gasteiger partial charge on any atom is 0.0391 e. The van der Waals surface area contributed by atoms with Crippen LogP contribution < -0.4 is 0 Å². The summed E-state index contributed by atoms with van der Waals surface area (Å²) in [7, 11) is 0. The monoisotopic (exact) mass is 238 g/mol. The minimum atomic E-state index is 1.01. The summed E-state index contributed by atoms with van der Waals surface area (Å²) >= 11 is 0. The molecule has 18 heavy (non-hydrogen) atoms. The van der Waals surface area contributed by atoms with Crippen molar-refractivity contribution in [3.05, 3.63) is 72.1 Å². The van der Waals surface area contributed by atoms with Gasteiger partial charge in [0.1, 0.15) is 0 Å². The van der Waals surface area contributed by atoms with E-state index < -0.39 is 0 Å². The Hall–Kier alpha value is -1.80. The highest BCUT2D eigenvalue weighted by molar-refractivity contribution is 5.36. The molecule has 1 saturated heterocycles.